The van der Waals surface area contributed by atoms with Crippen LogP contribution in [0, 0.1) is 0 Å². The third kappa shape index (κ3) is 4.91. The fourth-order valence-corrected chi connectivity index (χ4v) is 4.48. The molecular formula is C27H29N5O3. The van der Waals surface area contributed by atoms with E-state index in [2.05, 4.69) is 11.9 Å². The van der Waals surface area contributed by atoms with Crippen molar-refractivity contribution in [3.63, 3.8) is 0 Å². The molecule has 1 aromatic heterocycles. The third-order valence-electron chi connectivity index (χ3n) is 6.41. The first kappa shape index (κ1) is 22.7. The van der Waals surface area contributed by atoms with Gasteiger partial charge in [0.05, 0.1) is 6.04 Å². The SMILES string of the molecule is C=CC(=O)N1CCCC(n2nc(-c3ccc(Oc4ccccc4)cc3)c(C(N)=O)c2NC2CC2)C1. The fourth-order valence-electron chi connectivity index (χ4n) is 4.48. The Morgan fingerprint density at radius 1 is 1.06 bits per heavy atom. The largest absolute Gasteiger partial charge is 0.457 e. The molecule has 2 aromatic carbocycles. The van der Waals surface area contributed by atoms with E-state index in [0.717, 1.165) is 37.0 Å². The van der Waals surface area contributed by atoms with Gasteiger partial charge in [-0.15, -0.1) is 0 Å². The van der Waals surface area contributed by atoms with Gasteiger partial charge in [-0.3, -0.25) is 9.59 Å². The Kier molecular flexibility index (Phi) is 6.27. The summed E-state index contributed by atoms with van der Waals surface area (Å²) >= 11 is 0. The molecule has 180 valence electrons. The second-order valence-corrected chi connectivity index (χ2v) is 9.02. The Bertz CT molecular complexity index is 1230. The molecule has 2 fully saturated rings. The van der Waals surface area contributed by atoms with Gasteiger partial charge in [-0.05, 0) is 68.2 Å². The average Bonchev–Trinajstić information content (AvgIpc) is 3.62. The lowest BCUT2D eigenvalue weighted by atomic mass is 10.0. The Morgan fingerprint density at radius 2 is 1.77 bits per heavy atom. The van der Waals surface area contributed by atoms with Gasteiger partial charge in [0.1, 0.15) is 28.6 Å². The van der Waals surface area contributed by atoms with E-state index in [1.54, 1.807) is 4.90 Å². The van der Waals surface area contributed by atoms with E-state index in [4.69, 9.17) is 15.6 Å². The lowest BCUT2D eigenvalue weighted by molar-refractivity contribution is -0.127. The molecule has 8 heteroatoms. The van der Waals surface area contributed by atoms with Gasteiger partial charge < -0.3 is 20.7 Å². The van der Waals surface area contributed by atoms with Crippen LogP contribution in [0.2, 0.25) is 0 Å². The standard InChI is InChI=1S/C27H29N5O3/c1-2-23(33)31-16-6-7-20(17-31)32-27(29-19-12-13-19)24(26(28)34)25(30-32)18-10-14-22(15-11-18)35-21-8-4-3-5-9-21/h2-5,8-11,14-15,19-20,29H,1,6-7,12-13,16-17H2,(H2,28,34). The monoisotopic (exact) mass is 471 g/mol. The molecular weight excluding hydrogens is 442 g/mol. The van der Waals surface area contributed by atoms with Crippen LogP contribution in [0.4, 0.5) is 5.82 Å². The molecule has 1 unspecified atom stereocenters. The van der Waals surface area contributed by atoms with Gasteiger partial charge in [-0.1, -0.05) is 24.8 Å². The highest BCUT2D eigenvalue weighted by Gasteiger charge is 2.33. The van der Waals surface area contributed by atoms with Crippen LogP contribution in [0.25, 0.3) is 11.3 Å². The molecule has 3 aromatic rings. The summed E-state index contributed by atoms with van der Waals surface area (Å²) in [5.74, 6) is 1.44. The van der Waals surface area contributed by atoms with Crippen LogP contribution in [-0.2, 0) is 4.79 Å². The van der Waals surface area contributed by atoms with Crippen LogP contribution in [0.15, 0.2) is 67.3 Å². The van der Waals surface area contributed by atoms with Crippen LogP contribution in [0.3, 0.4) is 0 Å². The highest BCUT2D eigenvalue weighted by Crippen LogP contribution is 2.37. The molecule has 35 heavy (non-hydrogen) atoms. The molecule has 8 nitrogen and oxygen atoms in total. The lowest BCUT2D eigenvalue weighted by Gasteiger charge is -2.33. The number of amides is 2. The minimum atomic E-state index is -0.533. The number of nitrogens with one attached hydrogen (secondary N) is 1. The van der Waals surface area contributed by atoms with E-state index in [-0.39, 0.29) is 11.9 Å². The van der Waals surface area contributed by atoms with Crippen molar-refractivity contribution >= 4 is 17.6 Å². The number of carbonyl (C=O) groups excluding carboxylic acids is 2. The van der Waals surface area contributed by atoms with Gasteiger partial charge in [0.15, 0.2) is 0 Å². The Balaban J connectivity index is 1.50. The maximum atomic E-state index is 12.7. The second kappa shape index (κ2) is 9.66. The zero-order valence-electron chi connectivity index (χ0n) is 19.5. The topological polar surface area (TPSA) is 102 Å². The quantitative estimate of drug-likeness (QED) is 0.475. The van der Waals surface area contributed by atoms with E-state index < -0.39 is 5.91 Å². The van der Waals surface area contributed by atoms with Crippen molar-refractivity contribution in [3.05, 3.63) is 72.8 Å². The van der Waals surface area contributed by atoms with E-state index in [1.165, 1.54) is 6.08 Å². The molecule has 5 rings (SSSR count). The first-order chi connectivity index (χ1) is 17.0. The van der Waals surface area contributed by atoms with E-state index in [0.29, 0.717) is 42.0 Å². The van der Waals surface area contributed by atoms with Crippen molar-refractivity contribution in [1.29, 1.82) is 0 Å². The highest BCUT2D eigenvalue weighted by molar-refractivity contribution is 6.04. The van der Waals surface area contributed by atoms with Crippen molar-refractivity contribution in [2.45, 2.75) is 37.8 Å². The number of primary amides is 1. The molecule has 0 radical (unpaired) electrons. The van der Waals surface area contributed by atoms with Crippen LogP contribution >= 0.6 is 0 Å². The number of aromatic nitrogens is 2. The summed E-state index contributed by atoms with van der Waals surface area (Å²) in [6.07, 6.45) is 5.11. The predicted octanol–water partition coefficient (Wildman–Crippen LogP) is 4.37. The van der Waals surface area contributed by atoms with Crippen molar-refractivity contribution in [3.8, 4) is 22.8 Å². The van der Waals surface area contributed by atoms with Crippen molar-refractivity contribution < 1.29 is 14.3 Å². The van der Waals surface area contributed by atoms with Gasteiger partial charge in [0.2, 0.25) is 5.91 Å². The summed E-state index contributed by atoms with van der Waals surface area (Å²) in [5, 5.41) is 8.36. The van der Waals surface area contributed by atoms with Crippen LogP contribution < -0.4 is 15.8 Å². The third-order valence-corrected chi connectivity index (χ3v) is 6.41. The number of ether oxygens (including phenoxy) is 1. The lowest BCUT2D eigenvalue weighted by Crippen LogP contribution is -2.40. The minimum absolute atomic E-state index is 0.0681. The zero-order chi connectivity index (χ0) is 24.4. The van der Waals surface area contributed by atoms with Gasteiger partial charge in [0, 0.05) is 24.7 Å². The molecule has 1 aliphatic heterocycles. The van der Waals surface area contributed by atoms with Gasteiger partial charge in [-0.25, -0.2) is 4.68 Å². The normalized spacial score (nSPS) is 17.6. The maximum Gasteiger partial charge on any atom is 0.254 e. The molecule has 1 aliphatic carbocycles. The number of likely N-dealkylation sites (tertiary alicyclic amines) is 1. The molecule has 1 atom stereocenters. The van der Waals surface area contributed by atoms with Crippen molar-refractivity contribution in [2.75, 3.05) is 18.4 Å². The summed E-state index contributed by atoms with van der Waals surface area (Å²) < 4.78 is 7.77. The van der Waals surface area contributed by atoms with Crippen LogP contribution in [0.5, 0.6) is 11.5 Å². The maximum absolute atomic E-state index is 12.7. The van der Waals surface area contributed by atoms with Crippen LogP contribution in [0.1, 0.15) is 42.1 Å². The Labute approximate surface area is 204 Å². The Morgan fingerprint density at radius 3 is 2.43 bits per heavy atom. The summed E-state index contributed by atoms with van der Waals surface area (Å²) in [6, 6.07) is 17.2. The number of nitrogens with two attached hydrogens (primary N) is 1. The second-order valence-electron chi connectivity index (χ2n) is 9.02. The Hall–Kier alpha value is -4.07. The predicted molar refractivity (Wildman–Crippen MR) is 134 cm³/mol. The van der Waals surface area contributed by atoms with Crippen LogP contribution in [-0.4, -0.2) is 45.6 Å². The summed E-state index contributed by atoms with van der Waals surface area (Å²) in [6.45, 7) is 4.81. The number of hydrogen-bond acceptors (Lipinski definition) is 5. The van der Waals surface area contributed by atoms with Crippen molar-refractivity contribution in [1.82, 2.24) is 14.7 Å². The van der Waals surface area contributed by atoms with E-state index in [1.807, 2.05) is 59.3 Å². The number of anilines is 1. The summed E-state index contributed by atoms with van der Waals surface area (Å²) in [5.41, 5.74) is 7.56. The average molecular weight is 472 g/mol. The number of piperidine rings is 1. The number of rotatable bonds is 8. The molecule has 0 bridgehead atoms. The number of carbonyl (C=O) groups is 2. The highest BCUT2D eigenvalue weighted by atomic mass is 16.5. The van der Waals surface area contributed by atoms with Gasteiger partial charge >= 0.3 is 0 Å². The molecule has 1 saturated heterocycles. The summed E-state index contributed by atoms with van der Waals surface area (Å²) in [7, 11) is 0. The number of benzene rings is 2. The smallest absolute Gasteiger partial charge is 0.254 e. The number of para-hydroxylation sites is 1. The molecule has 1 saturated carbocycles. The van der Waals surface area contributed by atoms with Gasteiger partial charge in [0.25, 0.3) is 5.91 Å². The molecule has 0 spiro atoms. The fraction of sp³-hybridized carbons (Fsp3) is 0.296. The molecule has 2 amide bonds. The molecule has 2 heterocycles. The van der Waals surface area contributed by atoms with Gasteiger partial charge in [-0.2, -0.15) is 5.10 Å². The first-order valence-corrected chi connectivity index (χ1v) is 12.0. The first-order valence-electron chi connectivity index (χ1n) is 12.0. The molecule has 2 aliphatic rings. The van der Waals surface area contributed by atoms with E-state index in [9.17, 15) is 9.59 Å². The van der Waals surface area contributed by atoms with E-state index >= 15 is 0 Å². The zero-order valence-corrected chi connectivity index (χ0v) is 19.5. The number of hydrogen-bond donors (Lipinski definition) is 2. The molecule has 3 N–H and O–H groups in total. The van der Waals surface area contributed by atoms with Crippen molar-refractivity contribution in [2.24, 2.45) is 5.73 Å². The summed E-state index contributed by atoms with van der Waals surface area (Å²) in [4.78, 5) is 26.7. The minimum Gasteiger partial charge on any atom is -0.457 e. The number of nitrogens with zero attached hydrogens (tertiary/aromatic N) is 3.